The Hall–Kier alpha value is -3.95. The maximum atomic E-state index is 12.9. The molecule has 0 aromatic carbocycles. The van der Waals surface area contributed by atoms with Crippen molar-refractivity contribution in [1.82, 2.24) is 21.3 Å². The van der Waals surface area contributed by atoms with Gasteiger partial charge in [-0.3, -0.25) is 24.0 Å². The summed E-state index contributed by atoms with van der Waals surface area (Å²) in [5.41, 5.74) is -1.16. The van der Waals surface area contributed by atoms with Gasteiger partial charge in [0.2, 0.25) is 23.6 Å². The number of rotatable bonds is 46. The summed E-state index contributed by atoms with van der Waals surface area (Å²) in [6.07, 6.45) is 16.5. The summed E-state index contributed by atoms with van der Waals surface area (Å²) in [6.45, 7) is 12.9. The summed E-state index contributed by atoms with van der Waals surface area (Å²) in [5, 5.41) is 19.3. The van der Waals surface area contributed by atoms with Crippen LogP contribution < -0.4 is 21.3 Å². The van der Waals surface area contributed by atoms with Crippen LogP contribution in [0.5, 0.6) is 0 Å². The molecule has 0 unspecified atom stereocenters. The molecular formula is C49H90N4O16. The first-order valence-corrected chi connectivity index (χ1v) is 25.1. The zero-order valence-electron chi connectivity index (χ0n) is 43.0. The van der Waals surface area contributed by atoms with Crippen LogP contribution in [0.15, 0.2) is 0 Å². The number of amides is 4. The summed E-state index contributed by atoms with van der Waals surface area (Å²) >= 11 is 0. The standard InChI is InChI=1S/C49H90N4O16/c1-48(2,3)68-46(60)22-20-18-16-14-12-10-8-7-9-11-13-15-17-19-21-42(55)53-40(47(61)69-49(4,5)6)23-24-41(54)50-25-28-62-31-34-65-37-43(56)51-26-29-63-32-35-66-38-44(57)52-27-30-64-33-36-67-39-45(58)59/h40H,7-39H2,1-6H3,(H,50,54)(H,51,56)(H,52,57)(H,53,55)(H,58,59)/t40-/m1/s1. The third kappa shape index (κ3) is 48.9. The molecule has 20 heteroatoms. The average Bonchev–Trinajstić information content (AvgIpc) is 3.26. The van der Waals surface area contributed by atoms with Crippen molar-refractivity contribution in [3.8, 4) is 0 Å². The largest absolute Gasteiger partial charge is 0.480 e. The molecule has 0 aromatic rings. The third-order valence-corrected chi connectivity index (χ3v) is 9.65. The molecule has 0 heterocycles. The van der Waals surface area contributed by atoms with Crippen molar-refractivity contribution in [1.29, 1.82) is 0 Å². The zero-order valence-corrected chi connectivity index (χ0v) is 43.0. The molecule has 0 bridgehead atoms. The average molecular weight is 991 g/mol. The highest BCUT2D eigenvalue weighted by Crippen LogP contribution is 2.16. The number of unbranched alkanes of at least 4 members (excludes halogenated alkanes) is 13. The van der Waals surface area contributed by atoms with Gasteiger partial charge in [-0.05, 0) is 60.8 Å². The van der Waals surface area contributed by atoms with Gasteiger partial charge < -0.3 is 64.3 Å². The van der Waals surface area contributed by atoms with E-state index in [-0.39, 0.29) is 141 Å². The van der Waals surface area contributed by atoms with E-state index in [0.717, 1.165) is 44.9 Å². The Kier molecular flexibility index (Phi) is 40.4. The van der Waals surface area contributed by atoms with Crippen LogP contribution in [0.2, 0.25) is 0 Å². The van der Waals surface area contributed by atoms with Crippen LogP contribution in [0.25, 0.3) is 0 Å². The molecule has 69 heavy (non-hydrogen) atoms. The second-order valence-corrected chi connectivity index (χ2v) is 18.7. The number of hydrogen-bond acceptors (Lipinski definition) is 15. The predicted octanol–water partition coefficient (Wildman–Crippen LogP) is 4.71. The van der Waals surface area contributed by atoms with Crippen molar-refractivity contribution in [2.75, 3.05) is 98.9 Å². The summed E-state index contributed by atoms with van der Waals surface area (Å²) < 4.78 is 42.3. The van der Waals surface area contributed by atoms with Gasteiger partial charge >= 0.3 is 17.9 Å². The topological polar surface area (TPSA) is 262 Å². The minimum Gasteiger partial charge on any atom is -0.480 e. The van der Waals surface area contributed by atoms with Crippen LogP contribution in [0, 0.1) is 0 Å². The van der Waals surface area contributed by atoms with E-state index in [0.29, 0.717) is 12.8 Å². The Labute approximate surface area is 411 Å². The van der Waals surface area contributed by atoms with E-state index in [1.807, 2.05) is 20.8 Å². The van der Waals surface area contributed by atoms with Gasteiger partial charge in [0.25, 0.3) is 0 Å². The maximum absolute atomic E-state index is 12.9. The molecule has 0 aliphatic heterocycles. The van der Waals surface area contributed by atoms with Gasteiger partial charge in [-0.15, -0.1) is 0 Å². The fourth-order valence-corrected chi connectivity index (χ4v) is 6.36. The Morgan fingerprint density at radius 1 is 0.406 bits per heavy atom. The molecule has 1 atom stereocenters. The number of carbonyl (C=O) groups is 7. The molecule has 0 saturated carbocycles. The smallest absolute Gasteiger partial charge is 0.329 e. The molecule has 0 spiro atoms. The Morgan fingerprint density at radius 2 is 0.768 bits per heavy atom. The first-order valence-electron chi connectivity index (χ1n) is 25.1. The number of nitrogens with one attached hydrogen (secondary N) is 4. The van der Waals surface area contributed by atoms with Gasteiger partial charge in [-0.1, -0.05) is 77.0 Å². The molecular weight excluding hydrogens is 901 g/mol. The molecule has 0 radical (unpaired) electrons. The molecule has 4 amide bonds. The van der Waals surface area contributed by atoms with Gasteiger partial charge in [0, 0.05) is 38.9 Å². The van der Waals surface area contributed by atoms with E-state index in [1.54, 1.807) is 20.8 Å². The van der Waals surface area contributed by atoms with Gasteiger partial charge in [-0.2, -0.15) is 0 Å². The molecule has 0 saturated heterocycles. The number of aliphatic carboxylic acids is 1. The Balaban J connectivity index is 3.92. The lowest BCUT2D eigenvalue weighted by Gasteiger charge is -2.24. The molecule has 5 N–H and O–H groups in total. The number of carboxylic acid groups (broad SMARTS) is 1. The fraction of sp³-hybridized carbons (Fsp3) is 0.857. The second-order valence-electron chi connectivity index (χ2n) is 18.7. The number of hydrogen-bond donors (Lipinski definition) is 5. The quantitative estimate of drug-likeness (QED) is 0.0409. The first-order chi connectivity index (χ1) is 32.9. The second kappa shape index (κ2) is 42.9. The number of carboxylic acids is 1. The van der Waals surface area contributed by atoms with Crippen LogP contribution >= 0.6 is 0 Å². The van der Waals surface area contributed by atoms with Crippen molar-refractivity contribution >= 4 is 41.5 Å². The highest BCUT2D eigenvalue weighted by molar-refractivity contribution is 5.85. The predicted molar refractivity (Wildman–Crippen MR) is 258 cm³/mol. The first kappa shape index (κ1) is 65.0. The number of carbonyl (C=O) groups excluding carboxylic acids is 6. The van der Waals surface area contributed by atoms with Gasteiger partial charge in [0.15, 0.2) is 0 Å². The van der Waals surface area contributed by atoms with Gasteiger partial charge in [0.05, 0.1) is 59.5 Å². The van der Waals surface area contributed by atoms with Gasteiger partial charge in [-0.25, -0.2) is 9.59 Å². The van der Waals surface area contributed by atoms with E-state index >= 15 is 0 Å². The molecule has 0 aromatic heterocycles. The van der Waals surface area contributed by atoms with Crippen molar-refractivity contribution < 1.29 is 76.6 Å². The molecule has 0 aliphatic carbocycles. The lowest BCUT2D eigenvalue weighted by molar-refractivity contribution is -0.159. The lowest BCUT2D eigenvalue weighted by Crippen LogP contribution is -2.44. The Bertz CT molecular complexity index is 1390. The summed E-state index contributed by atoms with van der Waals surface area (Å²) in [7, 11) is 0. The van der Waals surface area contributed by atoms with E-state index in [4.69, 9.17) is 43.0 Å². The van der Waals surface area contributed by atoms with Crippen molar-refractivity contribution in [3.63, 3.8) is 0 Å². The SMILES string of the molecule is CC(C)(C)OC(=O)CCCCCCCCCCCCCCCCC(=O)N[C@H](CCC(=O)NCCOCCOCC(=O)NCCOCCOCC(=O)NCCOCCOCC(=O)O)C(=O)OC(C)(C)C. The molecule has 0 fully saturated rings. The molecule has 20 nitrogen and oxygen atoms in total. The van der Waals surface area contributed by atoms with E-state index < -0.39 is 29.2 Å². The zero-order chi connectivity index (χ0) is 51.4. The minimum atomic E-state index is -1.05. The van der Waals surface area contributed by atoms with Crippen molar-refractivity contribution in [2.24, 2.45) is 0 Å². The van der Waals surface area contributed by atoms with Crippen LogP contribution in [0.3, 0.4) is 0 Å². The summed E-state index contributed by atoms with van der Waals surface area (Å²) in [6, 6.07) is -0.942. The minimum absolute atomic E-state index is 0.00761. The number of esters is 2. The molecule has 402 valence electrons. The Morgan fingerprint density at radius 3 is 1.17 bits per heavy atom. The van der Waals surface area contributed by atoms with E-state index in [2.05, 4.69) is 21.3 Å². The van der Waals surface area contributed by atoms with Crippen LogP contribution in [-0.2, 0) is 71.5 Å². The van der Waals surface area contributed by atoms with Crippen molar-refractivity contribution in [2.45, 2.75) is 174 Å². The molecule has 0 aliphatic rings. The van der Waals surface area contributed by atoms with Crippen LogP contribution in [0.1, 0.15) is 157 Å². The van der Waals surface area contributed by atoms with Crippen LogP contribution in [-0.4, -0.2) is 163 Å². The highest BCUT2D eigenvalue weighted by atomic mass is 16.6. The third-order valence-electron chi connectivity index (χ3n) is 9.65. The number of ether oxygens (including phenoxy) is 8. The van der Waals surface area contributed by atoms with E-state index in [9.17, 15) is 33.6 Å². The normalized spacial score (nSPS) is 12.0. The highest BCUT2D eigenvalue weighted by Gasteiger charge is 2.27. The van der Waals surface area contributed by atoms with Gasteiger partial charge in [0.1, 0.15) is 37.1 Å². The summed E-state index contributed by atoms with van der Waals surface area (Å²) in [5.74, 6) is -2.91. The lowest BCUT2D eigenvalue weighted by atomic mass is 10.0. The maximum Gasteiger partial charge on any atom is 0.329 e. The van der Waals surface area contributed by atoms with Crippen molar-refractivity contribution in [3.05, 3.63) is 0 Å². The summed E-state index contributed by atoms with van der Waals surface area (Å²) in [4.78, 5) is 84.1. The monoisotopic (exact) mass is 991 g/mol. The fourth-order valence-electron chi connectivity index (χ4n) is 6.36. The van der Waals surface area contributed by atoms with E-state index in [1.165, 1.54) is 44.9 Å². The van der Waals surface area contributed by atoms with Crippen LogP contribution in [0.4, 0.5) is 0 Å². The molecule has 0 rings (SSSR count).